The zero-order valence-corrected chi connectivity index (χ0v) is 9.55. The molecule has 7 nitrogen and oxygen atoms in total. The van der Waals surface area contributed by atoms with Crippen LogP contribution in [0.25, 0.3) is 0 Å². The number of tetrazole rings is 1. The minimum absolute atomic E-state index is 0.229. The molecule has 0 bridgehead atoms. The van der Waals surface area contributed by atoms with Crippen molar-refractivity contribution in [3.8, 4) is 0 Å². The van der Waals surface area contributed by atoms with Gasteiger partial charge in [0.2, 0.25) is 5.95 Å². The van der Waals surface area contributed by atoms with Crippen molar-refractivity contribution >= 4 is 11.9 Å². The maximum atomic E-state index is 10.4. The van der Waals surface area contributed by atoms with E-state index in [2.05, 4.69) is 20.8 Å². The van der Waals surface area contributed by atoms with E-state index in [4.69, 9.17) is 5.11 Å². The number of rotatable bonds is 7. The van der Waals surface area contributed by atoms with Crippen molar-refractivity contribution in [3.63, 3.8) is 0 Å². The minimum atomic E-state index is -0.739. The Kier molecular flexibility index (Phi) is 4.68. The van der Waals surface area contributed by atoms with E-state index in [9.17, 15) is 4.79 Å². The fraction of sp³-hybridized carbons (Fsp3) is 0.778. The van der Waals surface area contributed by atoms with Crippen molar-refractivity contribution in [1.29, 1.82) is 0 Å². The number of carbonyl (C=O) groups is 1. The summed E-state index contributed by atoms with van der Waals surface area (Å²) in [7, 11) is 1.76. The van der Waals surface area contributed by atoms with Gasteiger partial charge in [-0.05, 0) is 29.2 Å². The highest BCUT2D eigenvalue weighted by Gasteiger charge is 2.06. The van der Waals surface area contributed by atoms with Crippen LogP contribution in [0.5, 0.6) is 0 Å². The second-order valence-electron chi connectivity index (χ2n) is 3.88. The number of hydrogen-bond donors (Lipinski definition) is 2. The largest absolute Gasteiger partial charge is 0.481 e. The van der Waals surface area contributed by atoms with E-state index in [0.29, 0.717) is 18.3 Å². The molecule has 0 aromatic carbocycles. The highest BCUT2D eigenvalue weighted by Crippen LogP contribution is 2.10. The van der Waals surface area contributed by atoms with Crippen molar-refractivity contribution in [1.82, 2.24) is 20.2 Å². The van der Waals surface area contributed by atoms with Crippen molar-refractivity contribution in [2.75, 3.05) is 11.9 Å². The average molecular weight is 227 g/mol. The first-order chi connectivity index (χ1) is 7.59. The lowest BCUT2D eigenvalue weighted by atomic mass is 10.0. The van der Waals surface area contributed by atoms with Gasteiger partial charge in [-0.2, -0.15) is 0 Å². The molecule has 0 aliphatic carbocycles. The average Bonchev–Trinajstić information content (AvgIpc) is 2.61. The van der Waals surface area contributed by atoms with E-state index >= 15 is 0 Å². The molecule has 1 aromatic heterocycles. The molecule has 0 amide bonds. The second kappa shape index (κ2) is 6.04. The maximum Gasteiger partial charge on any atom is 0.303 e. The van der Waals surface area contributed by atoms with Gasteiger partial charge in [-0.3, -0.25) is 4.79 Å². The van der Waals surface area contributed by atoms with E-state index in [1.807, 2.05) is 6.92 Å². The van der Waals surface area contributed by atoms with E-state index in [-0.39, 0.29) is 6.42 Å². The Morgan fingerprint density at radius 3 is 2.88 bits per heavy atom. The van der Waals surface area contributed by atoms with Gasteiger partial charge in [-0.25, -0.2) is 4.68 Å². The number of anilines is 1. The highest BCUT2D eigenvalue weighted by atomic mass is 16.4. The molecule has 1 unspecified atom stereocenters. The van der Waals surface area contributed by atoms with Crippen LogP contribution in [-0.2, 0) is 11.8 Å². The second-order valence-corrected chi connectivity index (χ2v) is 3.88. The molecule has 0 aliphatic rings. The number of aryl methyl sites for hydroxylation is 1. The molecule has 0 aliphatic heterocycles. The SMILES string of the molecule is CC(CCNc1nnnn1C)CCC(=O)O. The molecule has 1 heterocycles. The van der Waals surface area contributed by atoms with Gasteiger partial charge < -0.3 is 10.4 Å². The van der Waals surface area contributed by atoms with Gasteiger partial charge in [0, 0.05) is 20.0 Å². The smallest absolute Gasteiger partial charge is 0.303 e. The Labute approximate surface area is 93.8 Å². The molecule has 0 fully saturated rings. The minimum Gasteiger partial charge on any atom is -0.481 e. The predicted molar refractivity (Wildman–Crippen MR) is 57.9 cm³/mol. The number of nitrogens with zero attached hydrogens (tertiary/aromatic N) is 4. The van der Waals surface area contributed by atoms with Gasteiger partial charge in [-0.15, -0.1) is 0 Å². The summed E-state index contributed by atoms with van der Waals surface area (Å²) in [4.78, 5) is 10.4. The van der Waals surface area contributed by atoms with Gasteiger partial charge in [0.1, 0.15) is 0 Å². The monoisotopic (exact) mass is 227 g/mol. The quantitative estimate of drug-likeness (QED) is 0.705. The van der Waals surface area contributed by atoms with Crippen molar-refractivity contribution in [2.24, 2.45) is 13.0 Å². The van der Waals surface area contributed by atoms with Crippen LogP contribution in [0.1, 0.15) is 26.2 Å². The third-order valence-electron chi connectivity index (χ3n) is 2.39. The molecule has 0 spiro atoms. The number of hydrogen-bond acceptors (Lipinski definition) is 5. The lowest BCUT2D eigenvalue weighted by Gasteiger charge is -2.10. The zero-order valence-electron chi connectivity index (χ0n) is 9.55. The summed E-state index contributed by atoms with van der Waals surface area (Å²) in [5.41, 5.74) is 0. The molecule has 0 saturated heterocycles. The topological polar surface area (TPSA) is 92.9 Å². The standard InChI is InChI=1S/C9H17N5O2/c1-7(3-4-8(15)16)5-6-10-9-11-12-13-14(9)2/h7H,3-6H2,1-2H3,(H,15,16)(H,10,11,13). The van der Waals surface area contributed by atoms with E-state index in [0.717, 1.165) is 13.0 Å². The molecular formula is C9H17N5O2. The molecule has 90 valence electrons. The van der Waals surface area contributed by atoms with Gasteiger partial charge >= 0.3 is 5.97 Å². The Bertz CT molecular complexity index is 338. The number of carboxylic acids is 1. The summed E-state index contributed by atoms with van der Waals surface area (Å²) < 4.78 is 1.56. The van der Waals surface area contributed by atoms with Crippen LogP contribution in [0.4, 0.5) is 5.95 Å². The van der Waals surface area contributed by atoms with E-state index in [1.165, 1.54) is 0 Å². The third kappa shape index (κ3) is 4.24. The van der Waals surface area contributed by atoms with Crippen LogP contribution in [-0.4, -0.2) is 37.8 Å². The van der Waals surface area contributed by atoms with Crippen LogP contribution in [0.2, 0.25) is 0 Å². The normalized spacial score (nSPS) is 12.4. The lowest BCUT2D eigenvalue weighted by Crippen LogP contribution is -2.11. The third-order valence-corrected chi connectivity index (χ3v) is 2.39. The lowest BCUT2D eigenvalue weighted by molar-refractivity contribution is -0.137. The summed E-state index contributed by atoms with van der Waals surface area (Å²) >= 11 is 0. The molecular weight excluding hydrogens is 210 g/mol. The maximum absolute atomic E-state index is 10.4. The summed E-state index contributed by atoms with van der Waals surface area (Å²) in [5, 5.41) is 22.6. The first-order valence-electron chi connectivity index (χ1n) is 5.27. The number of aliphatic carboxylic acids is 1. The van der Waals surface area contributed by atoms with Crippen molar-refractivity contribution < 1.29 is 9.90 Å². The molecule has 0 radical (unpaired) electrons. The molecule has 7 heteroatoms. The van der Waals surface area contributed by atoms with Gasteiger partial charge in [0.15, 0.2) is 0 Å². The fourth-order valence-electron chi connectivity index (χ4n) is 1.32. The summed E-state index contributed by atoms with van der Waals surface area (Å²) in [6.45, 7) is 2.79. The fourth-order valence-corrected chi connectivity index (χ4v) is 1.32. The predicted octanol–water partition coefficient (Wildman–Crippen LogP) is 0.513. The van der Waals surface area contributed by atoms with E-state index in [1.54, 1.807) is 11.7 Å². The Hall–Kier alpha value is -1.66. The number of carboxylic acid groups (broad SMARTS) is 1. The first-order valence-corrected chi connectivity index (χ1v) is 5.27. The van der Waals surface area contributed by atoms with Gasteiger partial charge in [0.25, 0.3) is 0 Å². The molecule has 1 aromatic rings. The molecule has 2 N–H and O–H groups in total. The number of nitrogens with one attached hydrogen (secondary N) is 1. The van der Waals surface area contributed by atoms with Gasteiger partial charge in [0.05, 0.1) is 0 Å². The van der Waals surface area contributed by atoms with Crippen molar-refractivity contribution in [3.05, 3.63) is 0 Å². The van der Waals surface area contributed by atoms with Gasteiger partial charge in [-0.1, -0.05) is 12.0 Å². The van der Waals surface area contributed by atoms with Crippen molar-refractivity contribution in [2.45, 2.75) is 26.2 Å². The summed E-state index contributed by atoms with van der Waals surface area (Å²) in [6.07, 6.45) is 1.83. The van der Waals surface area contributed by atoms with Crippen LogP contribution in [0.3, 0.4) is 0 Å². The zero-order chi connectivity index (χ0) is 12.0. The molecule has 16 heavy (non-hydrogen) atoms. The van der Waals surface area contributed by atoms with Crippen LogP contribution in [0, 0.1) is 5.92 Å². The first kappa shape index (κ1) is 12.4. The Balaban J connectivity index is 2.15. The Morgan fingerprint density at radius 2 is 2.31 bits per heavy atom. The summed E-state index contributed by atoms with van der Waals surface area (Å²) in [6, 6.07) is 0. The summed E-state index contributed by atoms with van der Waals surface area (Å²) in [5.74, 6) is 0.271. The molecule has 0 saturated carbocycles. The van der Waals surface area contributed by atoms with Crippen LogP contribution in [0.15, 0.2) is 0 Å². The van der Waals surface area contributed by atoms with E-state index < -0.39 is 5.97 Å². The van der Waals surface area contributed by atoms with Crippen LogP contribution >= 0.6 is 0 Å². The molecule has 1 rings (SSSR count). The van der Waals surface area contributed by atoms with Crippen LogP contribution < -0.4 is 5.32 Å². The Morgan fingerprint density at radius 1 is 1.56 bits per heavy atom. The molecule has 1 atom stereocenters. The highest BCUT2D eigenvalue weighted by molar-refractivity contribution is 5.66. The number of aromatic nitrogens is 4.